The average Bonchev–Trinajstić information content (AvgIpc) is 2.79. The minimum atomic E-state index is -0.119. The Morgan fingerprint density at radius 3 is 2.43 bits per heavy atom. The van der Waals surface area contributed by atoms with Gasteiger partial charge in [-0.3, -0.25) is 9.59 Å². The molecule has 0 radical (unpaired) electrons. The molecule has 0 atom stereocenters. The summed E-state index contributed by atoms with van der Waals surface area (Å²) in [4.78, 5) is 27.8. The Balaban J connectivity index is 1.51. The number of carbonyl (C=O) groups excluding carboxylic acids is 2. The van der Waals surface area contributed by atoms with Crippen molar-refractivity contribution < 1.29 is 9.59 Å². The predicted molar refractivity (Wildman–Crippen MR) is 122 cm³/mol. The quantitative estimate of drug-likeness (QED) is 0.621. The van der Waals surface area contributed by atoms with Crippen LogP contribution >= 0.6 is 0 Å². The van der Waals surface area contributed by atoms with Crippen LogP contribution in [0.25, 0.3) is 10.8 Å². The van der Waals surface area contributed by atoms with E-state index in [-0.39, 0.29) is 24.3 Å². The first-order valence-electron chi connectivity index (χ1n) is 10.8. The number of amides is 2. The molecule has 4 rings (SSSR count). The van der Waals surface area contributed by atoms with E-state index in [4.69, 9.17) is 0 Å². The third-order valence-electron chi connectivity index (χ3n) is 6.11. The van der Waals surface area contributed by atoms with Crippen molar-refractivity contribution in [1.29, 1.82) is 0 Å². The zero-order valence-corrected chi connectivity index (χ0v) is 17.4. The van der Waals surface area contributed by atoms with Crippen molar-refractivity contribution in [3.05, 3.63) is 77.9 Å². The molecule has 0 unspecified atom stereocenters. The normalized spacial score (nSPS) is 14.4. The van der Waals surface area contributed by atoms with Crippen LogP contribution in [0.15, 0.2) is 66.7 Å². The van der Waals surface area contributed by atoms with E-state index in [1.807, 2.05) is 72.6 Å². The Kier molecular flexibility index (Phi) is 6.12. The van der Waals surface area contributed by atoms with Crippen LogP contribution in [0.5, 0.6) is 0 Å². The van der Waals surface area contributed by atoms with Crippen LogP contribution in [0, 0.1) is 0 Å². The number of hydrogen-bond acceptors (Lipinski definition) is 2. The van der Waals surface area contributed by atoms with Gasteiger partial charge in [0.05, 0.1) is 17.7 Å². The molecule has 0 spiro atoms. The molecule has 0 aromatic heterocycles. The molecule has 0 saturated heterocycles. The van der Waals surface area contributed by atoms with Crippen molar-refractivity contribution in [3.8, 4) is 0 Å². The van der Waals surface area contributed by atoms with Crippen LogP contribution in [-0.4, -0.2) is 29.8 Å². The molecule has 2 amide bonds. The highest BCUT2D eigenvalue weighted by Gasteiger charge is 2.24. The smallest absolute Gasteiger partial charge is 0.255 e. The van der Waals surface area contributed by atoms with Gasteiger partial charge in [0.15, 0.2) is 0 Å². The van der Waals surface area contributed by atoms with Crippen LogP contribution in [0.3, 0.4) is 0 Å². The molecule has 154 valence electrons. The van der Waals surface area contributed by atoms with E-state index in [0.29, 0.717) is 11.3 Å². The fraction of sp³-hybridized carbons (Fsp3) is 0.308. The van der Waals surface area contributed by atoms with Gasteiger partial charge in [-0.05, 0) is 41.3 Å². The van der Waals surface area contributed by atoms with Crippen LogP contribution in [0.1, 0.15) is 48.0 Å². The largest absolute Gasteiger partial charge is 0.339 e. The molecule has 0 bridgehead atoms. The zero-order valence-electron chi connectivity index (χ0n) is 17.4. The highest BCUT2D eigenvalue weighted by molar-refractivity contribution is 6.04. The highest BCUT2D eigenvalue weighted by Crippen LogP contribution is 2.25. The lowest BCUT2D eigenvalue weighted by atomic mass is 9.94. The lowest BCUT2D eigenvalue weighted by molar-refractivity contribution is -0.115. The maximum absolute atomic E-state index is 13.2. The predicted octanol–water partition coefficient (Wildman–Crippen LogP) is 5.43. The van der Waals surface area contributed by atoms with E-state index in [1.54, 1.807) is 6.07 Å². The van der Waals surface area contributed by atoms with E-state index in [9.17, 15) is 9.59 Å². The van der Waals surface area contributed by atoms with Gasteiger partial charge >= 0.3 is 0 Å². The summed E-state index contributed by atoms with van der Waals surface area (Å²) in [6.45, 7) is 0. The van der Waals surface area contributed by atoms with Gasteiger partial charge in [0.1, 0.15) is 0 Å². The Labute approximate surface area is 177 Å². The summed E-state index contributed by atoms with van der Waals surface area (Å²) in [6.07, 6.45) is 5.97. The van der Waals surface area contributed by atoms with Crippen molar-refractivity contribution in [2.45, 2.75) is 44.6 Å². The first-order valence-corrected chi connectivity index (χ1v) is 10.8. The first-order chi connectivity index (χ1) is 14.6. The lowest BCUT2D eigenvalue weighted by Crippen LogP contribution is -2.38. The summed E-state index contributed by atoms with van der Waals surface area (Å²) < 4.78 is 0. The first kappa shape index (κ1) is 20.1. The second-order valence-corrected chi connectivity index (χ2v) is 8.12. The number of anilines is 1. The van der Waals surface area contributed by atoms with Crippen molar-refractivity contribution in [2.75, 3.05) is 12.4 Å². The Morgan fingerprint density at radius 2 is 1.60 bits per heavy atom. The maximum Gasteiger partial charge on any atom is 0.255 e. The lowest BCUT2D eigenvalue weighted by Gasteiger charge is -2.31. The molecule has 1 fully saturated rings. The van der Waals surface area contributed by atoms with E-state index >= 15 is 0 Å². The van der Waals surface area contributed by atoms with Gasteiger partial charge in [-0.1, -0.05) is 73.9 Å². The Bertz CT molecular complexity index is 1050. The Hall–Kier alpha value is -3.14. The number of nitrogens with one attached hydrogen (secondary N) is 1. The van der Waals surface area contributed by atoms with Gasteiger partial charge in [-0.25, -0.2) is 0 Å². The van der Waals surface area contributed by atoms with Crippen molar-refractivity contribution >= 4 is 28.3 Å². The molecule has 1 saturated carbocycles. The number of hydrogen-bond donors (Lipinski definition) is 1. The molecule has 3 aromatic rings. The molecule has 3 aromatic carbocycles. The molecule has 4 nitrogen and oxygen atoms in total. The average molecular weight is 401 g/mol. The van der Waals surface area contributed by atoms with Gasteiger partial charge in [0.25, 0.3) is 5.91 Å². The Morgan fingerprint density at radius 1 is 0.900 bits per heavy atom. The van der Waals surface area contributed by atoms with Gasteiger partial charge in [-0.15, -0.1) is 0 Å². The van der Waals surface area contributed by atoms with Crippen LogP contribution < -0.4 is 5.32 Å². The van der Waals surface area contributed by atoms with Crippen molar-refractivity contribution in [3.63, 3.8) is 0 Å². The summed E-state index contributed by atoms with van der Waals surface area (Å²) in [5, 5.41) is 5.17. The molecule has 1 aliphatic rings. The van der Waals surface area contributed by atoms with Crippen molar-refractivity contribution in [2.24, 2.45) is 0 Å². The van der Waals surface area contributed by atoms with E-state index in [0.717, 1.165) is 29.2 Å². The monoisotopic (exact) mass is 400 g/mol. The number of benzene rings is 3. The minimum absolute atomic E-state index is 0.0250. The van der Waals surface area contributed by atoms with Gasteiger partial charge in [0, 0.05) is 13.1 Å². The molecule has 0 heterocycles. The fourth-order valence-electron chi connectivity index (χ4n) is 4.42. The fourth-order valence-corrected chi connectivity index (χ4v) is 4.42. The summed E-state index contributed by atoms with van der Waals surface area (Å²) in [6, 6.07) is 21.7. The summed E-state index contributed by atoms with van der Waals surface area (Å²) >= 11 is 0. The molecular weight excluding hydrogens is 372 g/mol. The molecule has 1 aliphatic carbocycles. The van der Waals surface area contributed by atoms with E-state index in [2.05, 4.69) is 5.32 Å². The van der Waals surface area contributed by atoms with Crippen LogP contribution in [0.2, 0.25) is 0 Å². The standard InChI is InChI=1S/C26H28N2O2/c1-28(21-13-3-2-4-14-21)26(30)23-16-7-8-17-24(23)27-25(29)18-20-12-9-11-19-10-5-6-15-22(19)20/h5-12,15-17,21H,2-4,13-14,18H2,1H3,(H,27,29). The van der Waals surface area contributed by atoms with Crippen LogP contribution in [-0.2, 0) is 11.2 Å². The van der Waals surface area contributed by atoms with Gasteiger partial charge in [0.2, 0.25) is 5.91 Å². The summed E-state index contributed by atoms with van der Waals surface area (Å²) in [7, 11) is 1.88. The molecule has 1 N–H and O–H groups in total. The molecule has 30 heavy (non-hydrogen) atoms. The highest BCUT2D eigenvalue weighted by atomic mass is 16.2. The SMILES string of the molecule is CN(C(=O)c1ccccc1NC(=O)Cc1cccc2ccccc12)C1CCCCC1. The number of fused-ring (bicyclic) bond motifs is 1. The molecule has 4 heteroatoms. The molecule has 0 aliphatic heterocycles. The molecular formula is C26H28N2O2. The number of nitrogens with zero attached hydrogens (tertiary/aromatic N) is 1. The second-order valence-electron chi connectivity index (χ2n) is 8.12. The van der Waals surface area contributed by atoms with Crippen LogP contribution in [0.4, 0.5) is 5.69 Å². The number of para-hydroxylation sites is 1. The number of rotatable bonds is 5. The third-order valence-corrected chi connectivity index (χ3v) is 6.11. The maximum atomic E-state index is 13.2. The topological polar surface area (TPSA) is 49.4 Å². The number of carbonyl (C=O) groups is 2. The van der Waals surface area contributed by atoms with Gasteiger partial charge < -0.3 is 10.2 Å². The van der Waals surface area contributed by atoms with Gasteiger partial charge in [-0.2, -0.15) is 0 Å². The minimum Gasteiger partial charge on any atom is -0.339 e. The third kappa shape index (κ3) is 4.38. The van der Waals surface area contributed by atoms with E-state index in [1.165, 1.54) is 19.3 Å². The summed E-state index contributed by atoms with van der Waals surface area (Å²) in [5.41, 5.74) is 2.11. The zero-order chi connectivity index (χ0) is 20.9. The van der Waals surface area contributed by atoms with Crippen molar-refractivity contribution in [1.82, 2.24) is 4.90 Å². The summed E-state index contributed by atoms with van der Waals surface area (Å²) in [5.74, 6) is -0.144. The second kappa shape index (κ2) is 9.12. The van der Waals surface area contributed by atoms with E-state index < -0.39 is 0 Å².